The second kappa shape index (κ2) is 32.0. The minimum absolute atomic E-state index is 0.0386. The molecule has 0 fully saturated rings. The van der Waals surface area contributed by atoms with Gasteiger partial charge in [-0.1, -0.05) is 131 Å². The van der Waals surface area contributed by atoms with Crippen LogP contribution < -0.4 is 0 Å². The van der Waals surface area contributed by atoms with Crippen molar-refractivity contribution >= 4 is 47.8 Å². The van der Waals surface area contributed by atoms with Crippen molar-refractivity contribution in [3.63, 3.8) is 0 Å². The van der Waals surface area contributed by atoms with E-state index in [0.717, 1.165) is 73.4 Å². The summed E-state index contributed by atoms with van der Waals surface area (Å²) >= 11 is 4.60. The van der Waals surface area contributed by atoms with Gasteiger partial charge in [-0.25, -0.2) is 0 Å². The molecule has 0 saturated carbocycles. The number of rotatable bonds is 32. The van der Waals surface area contributed by atoms with Crippen molar-refractivity contribution in [1.29, 1.82) is 0 Å². The van der Waals surface area contributed by atoms with Crippen LogP contribution in [0.2, 0.25) is 0 Å². The quantitative estimate of drug-likeness (QED) is 0.0525. The summed E-state index contributed by atoms with van der Waals surface area (Å²) in [7, 11) is 0. The summed E-state index contributed by atoms with van der Waals surface area (Å²) < 4.78 is 10.9. The smallest absolute Gasteiger partial charge is 0.320 e. The van der Waals surface area contributed by atoms with Crippen LogP contribution in [0.15, 0.2) is 0 Å². The molecule has 0 spiro atoms. The van der Waals surface area contributed by atoms with Crippen LogP contribution in [0.3, 0.4) is 0 Å². The van der Waals surface area contributed by atoms with E-state index in [2.05, 4.69) is 27.7 Å². The Balaban J connectivity index is 3.63. The summed E-state index contributed by atoms with van der Waals surface area (Å²) in [4.78, 5) is 24.6. The highest BCUT2D eigenvalue weighted by atomic mass is 32.2. The van der Waals surface area contributed by atoms with Crippen LogP contribution in [0.25, 0.3) is 0 Å². The summed E-state index contributed by atoms with van der Waals surface area (Å²) in [5.74, 6) is 5.48. The summed E-state index contributed by atoms with van der Waals surface area (Å²) in [5.41, 5.74) is 0. The van der Waals surface area contributed by atoms with Gasteiger partial charge in [-0.15, -0.1) is 0 Å². The topological polar surface area (TPSA) is 52.6 Å². The first kappa shape index (κ1) is 43.0. The molecule has 0 heterocycles. The molecule has 4 unspecified atom stereocenters. The van der Waals surface area contributed by atoms with Gasteiger partial charge < -0.3 is 8.37 Å². The van der Waals surface area contributed by atoms with E-state index >= 15 is 0 Å². The van der Waals surface area contributed by atoms with E-state index in [-0.39, 0.29) is 23.8 Å². The van der Waals surface area contributed by atoms with Gasteiger partial charge in [0.1, 0.15) is 0 Å². The molecule has 0 aliphatic rings. The Hall–Kier alpha value is -0.0100. The SMILES string of the molecule is CCCCC(CC)CCCCCSOC(=O)C(C)CCCSCCCC(C)C(=O)OSCCCCCC(CC)CCCC. The first-order valence-corrected chi connectivity index (χ1v) is 21.1. The maximum Gasteiger partial charge on any atom is 0.320 e. The van der Waals surface area contributed by atoms with E-state index in [9.17, 15) is 9.59 Å². The third kappa shape index (κ3) is 26.9. The molecule has 7 heteroatoms. The number of hydrogen-bond donors (Lipinski definition) is 0. The Morgan fingerprint density at radius 1 is 0.488 bits per heavy atom. The van der Waals surface area contributed by atoms with E-state index < -0.39 is 0 Å². The Morgan fingerprint density at radius 2 is 0.884 bits per heavy atom. The molecule has 0 aromatic rings. The van der Waals surface area contributed by atoms with Gasteiger partial charge in [-0.3, -0.25) is 9.59 Å². The normalized spacial score (nSPS) is 14.3. The molecule has 0 aliphatic heterocycles. The lowest BCUT2D eigenvalue weighted by molar-refractivity contribution is -0.138. The molecule has 0 aliphatic carbocycles. The fourth-order valence-electron chi connectivity index (χ4n) is 5.32. The van der Waals surface area contributed by atoms with E-state index in [1.165, 1.54) is 114 Å². The molecule has 0 amide bonds. The van der Waals surface area contributed by atoms with Crippen molar-refractivity contribution in [2.45, 2.75) is 170 Å². The van der Waals surface area contributed by atoms with Crippen molar-refractivity contribution in [2.24, 2.45) is 23.7 Å². The zero-order chi connectivity index (χ0) is 32.0. The van der Waals surface area contributed by atoms with Crippen LogP contribution in [0.5, 0.6) is 0 Å². The van der Waals surface area contributed by atoms with Crippen molar-refractivity contribution in [3.05, 3.63) is 0 Å². The Morgan fingerprint density at radius 3 is 1.26 bits per heavy atom. The van der Waals surface area contributed by atoms with Gasteiger partial charge in [-0.05, 0) is 61.9 Å². The maximum atomic E-state index is 12.3. The van der Waals surface area contributed by atoms with E-state index in [0.29, 0.717) is 0 Å². The van der Waals surface area contributed by atoms with Gasteiger partial charge in [0.2, 0.25) is 0 Å². The third-order valence-electron chi connectivity index (χ3n) is 8.71. The molecule has 0 N–H and O–H groups in total. The second-order valence-corrected chi connectivity index (χ2v) is 15.5. The molecule has 0 aromatic heterocycles. The number of hydrogen-bond acceptors (Lipinski definition) is 7. The summed E-state index contributed by atoms with van der Waals surface area (Å²) in [6, 6.07) is 0. The number of carbonyl (C=O) groups excluding carboxylic acids is 2. The Bertz CT molecular complexity index is 582. The fraction of sp³-hybridized carbons (Fsp3) is 0.944. The minimum Gasteiger partial charge on any atom is -0.391 e. The largest absolute Gasteiger partial charge is 0.391 e. The molecular weight excluding hydrogens is 593 g/mol. The monoisotopic (exact) mass is 662 g/mol. The first-order chi connectivity index (χ1) is 20.9. The van der Waals surface area contributed by atoms with E-state index in [1.807, 2.05) is 25.6 Å². The number of thioether (sulfide) groups is 1. The molecule has 43 heavy (non-hydrogen) atoms. The maximum absolute atomic E-state index is 12.3. The predicted octanol–water partition coefficient (Wildman–Crippen LogP) is 12.5. The second-order valence-electron chi connectivity index (χ2n) is 12.7. The van der Waals surface area contributed by atoms with Gasteiger partial charge in [0.25, 0.3) is 0 Å². The summed E-state index contributed by atoms with van der Waals surface area (Å²) in [6.07, 6.45) is 24.5. The molecule has 256 valence electrons. The van der Waals surface area contributed by atoms with Gasteiger partial charge in [-0.2, -0.15) is 11.8 Å². The van der Waals surface area contributed by atoms with Crippen molar-refractivity contribution in [2.75, 3.05) is 23.0 Å². The number of unbranched alkanes of at least 4 members (excludes halogenated alkanes) is 6. The van der Waals surface area contributed by atoms with E-state index in [1.54, 1.807) is 0 Å². The van der Waals surface area contributed by atoms with Crippen molar-refractivity contribution in [1.82, 2.24) is 0 Å². The van der Waals surface area contributed by atoms with Crippen LogP contribution in [-0.4, -0.2) is 35.0 Å². The van der Waals surface area contributed by atoms with Crippen LogP contribution >= 0.6 is 35.8 Å². The zero-order valence-electron chi connectivity index (χ0n) is 29.1. The highest BCUT2D eigenvalue weighted by molar-refractivity contribution is 7.99. The molecule has 0 rings (SSSR count). The van der Waals surface area contributed by atoms with Crippen LogP contribution in [0.1, 0.15) is 170 Å². The number of carbonyl (C=O) groups is 2. The average Bonchev–Trinajstić information content (AvgIpc) is 3.01. The molecule has 0 saturated heterocycles. The predicted molar refractivity (Wildman–Crippen MR) is 195 cm³/mol. The van der Waals surface area contributed by atoms with Crippen LogP contribution in [0, 0.1) is 23.7 Å². The molecular formula is C36H70O4S3. The molecule has 4 atom stereocenters. The van der Waals surface area contributed by atoms with Gasteiger partial charge in [0.05, 0.1) is 35.9 Å². The summed E-state index contributed by atoms with van der Waals surface area (Å²) in [6.45, 7) is 13.1. The highest BCUT2D eigenvalue weighted by Gasteiger charge is 2.16. The Kier molecular flexibility index (Phi) is 31.9. The van der Waals surface area contributed by atoms with Crippen molar-refractivity contribution < 1.29 is 18.0 Å². The first-order valence-electron chi connectivity index (χ1n) is 18.1. The van der Waals surface area contributed by atoms with Gasteiger partial charge in [0, 0.05) is 11.5 Å². The van der Waals surface area contributed by atoms with Crippen molar-refractivity contribution in [3.8, 4) is 0 Å². The van der Waals surface area contributed by atoms with Crippen LogP contribution in [0.4, 0.5) is 0 Å². The minimum atomic E-state index is -0.0710. The van der Waals surface area contributed by atoms with Crippen LogP contribution in [-0.2, 0) is 18.0 Å². The molecule has 0 radical (unpaired) electrons. The van der Waals surface area contributed by atoms with E-state index in [4.69, 9.17) is 8.37 Å². The van der Waals surface area contributed by atoms with Gasteiger partial charge in [0.15, 0.2) is 0 Å². The lowest BCUT2D eigenvalue weighted by atomic mass is 9.93. The van der Waals surface area contributed by atoms with Gasteiger partial charge >= 0.3 is 11.9 Å². The molecule has 0 bridgehead atoms. The molecule has 0 aromatic carbocycles. The molecule has 4 nitrogen and oxygen atoms in total. The summed E-state index contributed by atoms with van der Waals surface area (Å²) in [5, 5.41) is 0. The Labute approximate surface area is 281 Å². The lowest BCUT2D eigenvalue weighted by Gasteiger charge is -2.14. The lowest BCUT2D eigenvalue weighted by Crippen LogP contribution is -2.12. The highest BCUT2D eigenvalue weighted by Crippen LogP contribution is 2.23. The average molecular weight is 663 g/mol. The standard InChI is InChI=1S/C36H70O4S3/c1-7-11-23-33(9-3)25-15-13-17-29-42-39-35(37)31(5)21-19-27-41-28-20-22-32(6)36(38)40-43-30-18-14-16-26-34(10-4)24-12-8-2/h31-34H,7-30H2,1-6H3. The zero-order valence-corrected chi connectivity index (χ0v) is 31.6. The third-order valence-corrected chi connectivity index (χ3v) is 11.3. The fourth-order valence-corrected chi connectivity index (χ4v) is 7.63.